The van der Waals surface area contributed by atoms with Crippen LogP contribution in [-0.2, 0) is 20.8 Å². The summed E-state index contributed by atoms with van der Waals surface area (Å²) in [6.45, 7) is 8.60. The molecule has 1 aromatic carbocycles. The maximum atomic E-state index is 13.7. The summed E-state index contributed by atoms with van der Waals surface area (Å²) < 4.78 is 5.40. The largest absolute Gasteiger partial charge is 0.497 e. The number of methoxy groups -OCH3 is 1. The summed E-state index contributed by atoms with van der Waals surface area (Å²) in [6.07, 6.45) is 3.36. The second-order valence-corrected chi connectivity index (χ2v) is 10.5. The number of hydrogen-bond donors (Lipinski definition) is 3. The molecule has 35 heavy (non-hydrogen) atoms. The Hall–Kier alpha value is -3.03. The zero-order chi connectivity index (χ0) is 25.3. The molecule has 8 nitrogen and oxygen atoms in total. The van der Waals surface area contributed by atoms with E-state index in [1.165, 1.54) is 0 Å². The first-order valence-corrected chi connectivity index (χ1v) is 12.8. The lowest BCUT2D eigenvalue weighted by atomic mass is 9.85. The molecule has 3 atom stereocenters. The van der Waals surface area contributed by atoms with Crippen molar-refractivity contribution in [2.75, 3.05) is 13.7 Å². The van der Waals surface area contributed by atoms with Gasteiger partial charge in [-0.3, -0.25) is 14.4 Å². The summed E-state index contributed by atoms with van der Waals surface area (Å²) in [4.78, 5) is 44.1. The van der Waals surface area contributed by atoms with Gasteiger partial charge in [-0.1, -0.05) is 27.7 Å². The lowest BCUT2D eigenvalue weighted by Crippen LogP contribution is -2.65. The van der Waals surface area contributed by atoms with Crippen LogP contribution in [0.1, 0.15) is 70.7 Å². The zero-order valence-electron chi connectivity index (χ0n) is 21.4. The van der Waals surface area contributed by atoms with Crippen LogP contribution in [0.15, 0.2) is 18.2 Å². The number of amides is 3. The number of unbranched alkanes of at least 4 members (excludes halogenated alkanes) is 1. The highest BCUT2D eigenvalue weighted by atomic mass is 16.5. The number of H-pyrrole nitrogens is 1. The van der Waals surface area contributed by atoms with Crippen LogP contribution in [0.4, 0.5) is 0 Å². The summed E-state index contributed by atoms with van der Waals surface area (Å²) in [6, 6.07) is 4.75. The molecule has 3 heterocycles. The molecule has 1 saturated heterocycles. The molecular weight excluding hydrogens is 444 g/mol. The quantitative estimate of drug-likeness (QED) is 0.476. The van der Waals surface area contributed by atoms with E-state index < -0.39 is 12.1 Å². The molecule has 0 spiro atoms. The number of piperazine rings is 1. The van der Waals surface area contributed by atoms with Crippen molar-refractivity contribution in [3.63, 3.8) is 0 Å². The molecule has 1 fully saturated rings. The fraction of sp³-hybridized carbons (Fsp3) is 0.593. The highest BCUT2D eigenvalue weighted by Gasteiger charge is 2.48. The highest BCUT2D eigenvalue weighted by molar-refractivity contribution is 5.99. The van der Waals surface area contributed by atoms with Crippen molar-refractivity contribution in [3.8, 4) is 5.75 Å². The third-order valence-corrected chi connectivity index (χ3v) is 7.16. The Kier molecular flexibility index (Phi) is 7.38. The van der Waals surface area contributed by atoms with Crippen LogP contribution >= 0.6 is 0 Å². The zero-order valence-corrected chi connectivity index (χ0v) is 21.4. The van der Waals surface area contributed by atoms with E-state index in [1.807, 2.05) is 36.9 Å². The Morgan fingerprint density at radius 3 is 2.66 bits per heavy atom. The minimum Gasteiger partial charge on any atom is -0.497 e. The fourth-order valence-corrected chi connectivity index (χ4v) is 5.33. The molecule has 1 aromatic heterocycles. The molecule has 0 aliphatic carbocycles. The van der Waals surface area contributed by atoms with Crippen molar-refractivity contribution in [2.45, 2.75) is 77.9 Å². The number of carbonyl (C=O) groups is 3. The van der Waals surface area contributed by atoms with Crippen molar-refractivity contribution >= 4 is 28.6 Å². The summed E-state index contributed by atoms with van der Waals surface area (Å²) >= 11 is 0. The number of aromatic nitrogens is 1. The number of rotatable bonds is 9. The molecule has 8 heteroatoms. The smallest absolute Gasteiger partial charge is 0.246 e. The van der Waals surface area contributed by atoms with E-state index in [4.69, 9.17) is 4.74 Å². The SMILES string of the molecule is COc1ccc2c3c([nH]c2c1)C(CC(C)C)N1C(=O)C(CCCCNC(=O)C(C)C)NC(=O)C1C3. The number of nitrogens with one attached hydrogen (secondary N) is 3. The monoisotopic (exact) mass is 482 g/mol. The normalized spacial score (nSPS) is 21.8. The third-order valence-electron chi connectivity index (χ3n) is 7.16. The minimum absolute atomic E-state index is 0.00615. The molecule has 0 saturated carbocycles. The molecule has 2 aliphatic rings. The molecule has 4 rings (SSSR count). The fourth-order valence-electron chi connectivity index (χ4n) is 5.33. The first-order valence-electron chi connectivity index (χ1n) is 12.8. The molecule has 3 unspecified atom stereocenters. The van der Waals surface area contributed by atoms with Crippen molar-refractivity contribution in [1.29, 1.82) is 0 Å². The number of ether oxygens (including phenoxy) is 1. The number of hydrogen-bond acceptors (Lipinski definition) is 4. The van der Waals surface area contributed by atoms with Gasteiger partial charge in [-0.25, -0.2) is 0 Å². The minimum atomic E-state index is -0.528. The van der Waals surface area contributed by atoms with Gasteiger partial charge in [-0.15, -0.1) is 0 Å². The molecule has 3 N–H and O–H groups in total. The number of aromatic amines is 1. The maximum absolute atomic E-state index is 13.7. The number of nitrogens with zero attached hydrogens (tertiary/aromatic N) is 1. The van der Waals surface area contributed by atoms with Crippen LogP contribution in [0.25, 0.3) is 10.9 Å². The predicted molar refractivity (Wildman–Crippen MR) is 135 cm³/mol. The number of fused-ring (bicyclic) bond motifs is 4. The molecule has 190 valence electrons. The number of benzene rings is 1. The Morgan fingerprint density at radius 2 is 1.97 bits per heavy atom. The second kappa shape index (κ2) is 10.3. The molecular formula is C27H38N4O4. The van der Waals surface area contributed by atoms with Crippen molar-refractivity contribution < 1.29 is 19.1 Å². The predicted octanol–water partition coefficient (Wildman–Crippen LogP) is 3.46. The molecule has 2 aliphatic heterocycles. The van der Waals surface area contributed by atoms with Gasteiger partial charge in [0.1, 0.15) is 17.8 Å². The second-order valence-electron chi connectivity index (χ2n) is 10.5. The van der Waals surface area contributed by atoms with Gasteiger partial charge >= 0.3 is 0 Å². The molecule has 3 amide bonds. The summed E-state index contributed by atoms with van der Waals surface area (Å²) in [5.74, 6) is 1.03. The van der Waals surface area contributed by atoms with Gasteiger partial charge in [-0.05, 0) is 49.3 Å². The van der Waals surface area contributed by atoms with E-state index in [0.717, 1.165) is 47.2 Å². The van der Waals surface area contributed by atoms with E-state index in [-0.39, 0.29) is 29.7 Å². The van der Waals surface area contributed by atoms with Crippen LogP contribution in [0.2, 0.25) is 0 Å². The van der Waals surface area contributed by atoms with Gasteiger partial charge in [-0.2, -0.15) is 0 Å². The van der Waals surface area contributed by atoms with Crippen LogP contribution in [0.5, 0.6) is 5.75 Å². The molecule has 2 aromatic rings. The summed E-state index contributed by atoms with van der Waals surface area (Å²) in [5, 5.41) is 6.99. The van der Waals surface area contributed by atoms with E-state index in [1.54, 1.807) is 7.11 Å². The van der Waals surface area contributed by atoms with Crippen LogP contribution < -0.4 is 15.4 Å². The van der Waals surface area contributed by atoms with E-state index in [0.29, 0.717) is 25.3 Å². The molecule has 0 bridgehead atoms. The lowest BCUT2D eigenvalue weighted by molar-refractivity contribution is -0.154. The first kappa shape index (κ1) is 25.1. The average molecular weight is 483 g/mol. The van der Waals surface area contributed by atoms with Crippen LogP contribution in [0, 0.1) is 11.8 Å². The van der Waals surface area contributed by atoms with Gasteiger partial charge in [0, 0.05) is 41.5 Å². The van der Waals surface area contributed by atoms with E-state index in [2.05, 4.69) is 29.5 Å². The first-order chi connectivity index (χ1) is 16.7. The van der Waals surface area contributed by atoms with Gasteiger partial charge in [0.05, 0.1) is 13.2 Å². The standard InChI is InChI=1S/C27H38N4O4/c1-15(2)12-22-24-19(18-10-9-17(35-5)13-21(18)29-24)14-23-26(33)30-20(27(34)31(22)23)8-6-7-11-28-25(32)16(3)4/h9-10,13,15-16,20,22-23,29H,6-8,11-12,14H2,1-5H3,(H,28,32)(H,30,33). The Balaban J connectivity index is 1.54. The Labute approximate surface area is 207 Å². The van der Waals surface area contributed by atoms with E-state index in [9.17, 15) is 14.4 Å². The Bertz CT molecular complexity index is 1110. The summed E-state index contributed by atoms with van der Waals surface area (Å²) in [5.41, 5.74) is 3.13. The maximum Gasteiger partial charge on any atom is 0.246 e. The van der Waals surface area contributed by atoms with Crippen molar-refractivity contribution in [3.05, 3.63) is 29.5 Å². The highest BCUT2D eigenvalue weighted by Crippen LogP contribution is 2.42. The van der Waals surface area contributed by atoms with Gasteiger partial charge in [0.25, 0.3) is 0 Å². The lowest BCUT2D eigenvalue weighted by Gasteiger charge is -2.47. The van der Waals surface area contributed by atoms with Crippen molar-refractivity contribution in [1.82, 2.24) is 20.5 Å². The average Bonchev–Trinajstić information content (AvgIpc) is 3.18. The Morgan fingerprint density at radius 1 is 1.20 bits per heavy atom. The van der Waals surface area contributed by atoms with Gasteiger partial charge in [0.2, 0.25) is 17.7 Å². The van der Waals surface area contributed by atoms with Crippen LogP contribution in [0.3, 0.4) is 0 Å². The van der Waals surface area contributed by atoms with E-state index >= 15 is 0 Å². The van der Waals surface area contributed by atoms with Crippen molar-refractivity contribution in [2.24, 2.45) is 11.8 Å². The molecule has 0 radical (unpaired) electrons. The number of carbonyl (C=O) groups excluding carboxylic acids is 3. The summed E-state index contributed by atoms with van der Waals surface area (Å²) in [7, 11) is 1.65. The van der Waals surface area contributed by atoms with Gasteiger partial charge < -0.3 is 25.3 Å². The van der Waals surface area contributed by atoms with Gasteiger partial charge in [0.15, 0.2) is 0 Å². The van der Waals surface area contributed by atoms with Crippen LogP contribution in [-0.4, -0.2) is 53.3 Å². The topological polar surface area (TPSA) is 104 Å². The third kappa shape index (κ3) is 5.02.